The fourth-order valence-corrected chi connectivity index (χ4v) is 3.00. The molecule has 1 aliphatic heterocycles. The van der Waals surface area contributed by atoms with Gasteiger partial charge in [0, 0.05) is 17.1 Å². The largest absolute Gasteiger partial charge is 0.387 e. The first-order chi connectivity index (χ1) is 8.70. The Labute approximate surface area is 114 Å². The van der Waals surface area contributed by atoms with Crippen molar-refractivity contribution >= 4 is 11.6 Å². The van der Waals surface area contributed by atoms with Crippen LogP contribution in [0.4, 0.5) is 0 Å². The number of hydrogen-bond donors (Lipinski definition) is 2. The van der Waals surface area contributed by atoms with Gasteiger partial charge >= 0.3 is 0 Å². The number of benzene rings is 1. The van der Waals surface area contributed by atoms with Crippen LogP contribution < -0.4 is 5.32 Å². The van der Waals surface area contributed by atoms with Gasteiger partial charge in [-0.1, -0.05) is 43.5 Å². The summed E-state index contributed by atoms with van der Waals surface area (Å²) in [7, 11) is 0. The van der Waals surface area contributed by atoms with Gasteiger partial charge in [0.25, 0.3) is 0 Å². The Hall–Kier alpha value is -0.570. The molecule has 1 aromatic carbocycles. The van der Waals surface area contributed by atoms with Gasteiger partial charge in [-0.05, 0) is 37.0 Å². The molecule has 1 heterocycles. The van der Waals surface area contributed by atoms with Gasteiger partial charge < -0.3 is 10.4 Å². The number of halogens is 1. The molecule has 0 radical (unpaired) electrons. The SMILES string of the molecule is CCC[C@H]1CCC[C@H]([C@H](O)c2cccc(Cl)c2)N1. The average Bonchev–Trinajstić information content (AvgIpc) is 2.39. The number of rotatable bonds is 4. The van der Waals surface area contributed by atoms with E-state index in [1.165, 1.54) is 25.7 Å². The summed E-state index contributed by atoms with van der Waals surface area (Å²) in [5.41, 5.74) is 0.914. The zero-order chi connectivity index (χ0) is 13.0. The number of piperidine rings is 1. The van der Waals surface area contributed by atoms with Crippen LogP contribution in [0, 0.1) is 0 Å². The van der Waals surface area contributed by atoms with E-state index >= 15 is 0 Å². The summed E-state index contributed by atoms with van der Waals surface area (Å²) < 4.78 is 0. The standard InChI is InChI=1S/C15H22ClNO/c1-2-5-13-8-4-9-14(17-13)15(18)11-6-3-7-12(16)10-11/h3,6-7,10,13-15,17-18H,2,4-5,8-9H2,1H3/t13-,14+,15+/m0/s1. The maximum absolute atomic E-state index is 10.4. The van der Waals surface area contributed by atoms with Crippen LogP contribution in [0.25, 0.3) is 0 Å². The Morgan fingerprint density at radius 3 is 3.00 bits per heavy atom. The summed E-state index contributed by atoms with van der Waals surface area (Å²) in [5, 5.41) is 14.7. The van der Waals surface area contributed by atoms with E-state index in [1.807, 2.05) is 24.3 Å². The maximum atomic E-state index is 10.4. The number of nitrogens with one attached hydrogen (secondary N) is 1. The third-order valence-electron chi connectivity index (χ3n) is 3.73. The van der Waals surface area contributed by atoms with Crippen molar-refractivity contribution in [3.63, 3.8) is 0 Å². The van der Waals surface area contributed by atoms with E-state index in [-0.39, 0.29) is 6.04 Å². The first-order valence-electron chi connectivity index (χ1n) is 6.90. The summed E-state index contributed by atoms with van der Waals surface area (Å²) in [6.45, 7) is 2.21. The third kappa shape index (κ3) is 3.47. The Balaban J connectivity index is 2.02. The second-order valence-electron chi connectivity index (χ2n) is 5.19. The normalized spacial score (nSPS) is 25.9. The lowest BCUT2D eigenvalue weighted by atomic mass is 9.90. The lowest BCUT2D eigenvalue weighted by Gasteiger charge is -2.34. The van der Waals surface area contributed by atoms with Crippen molar-refractivity contribution in [2.45, 2.75) is 57.2 Å². The topological polar surface area (TPSA) is 32.3 Å². The predicted molar refractivity (Wildman–Crippen MR) is 75.9 cm³/mol. The third-order valence-corrected chi connectivity index (χ3v) is 3.96. The van der Waals surface area contributed by atoms with Gasteiger partial charge in [-0.3, -0.25) is 0 Å². The van der Waals surface area contributed by atoms with Gasteiger partial charge in [0.1, 0.15) is 0 Å². The lowest BCUT2D eigenvalue weighted by Crippen LogP contribution is -2.45. The Morgan fingerprint density at radius 2 is 2.28 bits per heavy atom. The first kappa shape index (κ1) is 13.9. The fraction of sp³-hybridized carbons (Fsp3) is 0.600. The zero-order valence-electron chi connectivity index (χ0n) is 10.9. The van der Waals surface area contributed by atoms with Crippen molar-refractivity contribution in [2.24, 2.45) is 0 Å². The maximum Gasteiger partial charge on any atom is 0.0943 e. The molecule has 18 heavy (non-hydrogen) atoms. The number of aliphatic hydroxyl groups is 1. The van der Waals surface area contributed by atoms with Crippen LogP contribution in [0.2, 0.25) is 5.02 Å². The minimum Gasteiger partial charge on any atom is -0.387 e. The number of aliphatic hydroxyl groups excluding tert-OH is 1. The summed E-state index contributed by atoms with van der Waals surface area (Å²) in [6.07, 6.45) is 5.39. The molecule has 1 aromatic rings. The van der Waals surface area contributed by atoms with Crippen molar-refractivity contribution in [1.29, 1.82) is 0 Å². The predicted octanol–water partition coefficient (Wildman–Crippen LogP) is 3.68. The van der Waals surface area contributed by atoms with Crippen LogP contribution in [0.5, 0.6) is 0 Å². The first-order valence-corrected chi connectivity index (χ1v) is 7.28. The summed E-state index contributed by atoms with van der Waals surface area (Å²) in [5.74, 6) is 0. The highest BCUT2D eigenvalue weighted by molar-refractivity contribution is 6.30. The molecule has 2 nitrogen and oxygen atoms in total. The molecule has 0 aliphatic carbocycles. The summed E-state index contributed by atoms with van der Waals surface area (Å²) >= 11 is 5.97. The molecule has 0 unspecified atom stereocenters. The molecular weight excluding hydrogens is 246 g/mol. The second kappa shape index (κ2) is 6.55. The molecule has 3 atom stereocenters. The van der Waals surface area contributed by atoms with Crippen LogP contribution in [0.15, 0.2) is 24.3 Å². The lowest BCUT2D eigenvalue weighted by molar-refractivity contribution is 0.0998. The van der Waals surface area contributed by atoms with Crippen LogP contribution >= 0.6 is 11.6 Å². The molecule has 1 fully saturated rings. The van der Waals surface area contributed by atoms with Gasteiger partial charge in [-0.2, -0.15) is 0 Å². The smallest absolute Gasteiger partial charge is 0.0943 e. The van der Waals surface area contributed by atoms with Gasteiger partial charge in [0.2, 0.25) is 0 Å². The molecule has 2 N–H and O–H groups in total. The Kier molecular flexibility index (Phi) is 5.04. The van der Waals surface area contributed by atoms with Crippen LogP contribution in [0.3, 0.4) is 0 Å². The van der Waals surface area contributed by atoms with Crippen molar-refractivity contribution < 1.29 is 5.11 Å². The molecule has 2 rings (SSSR count). The molecule has 0 bridgehead atoms. The monoisotopic (exact) mass is 267 g/mol. The Bertz CT molecular complexity index is 381. The van der Waals surface area contributed by atoms with E-state index in [2.05, 4.69) is 12.2 Å². The van der Waals surface area contributed by atoms with Gasteiger partial charge in [-0.15, -0.1) is 0 Å². The van der Waals surface area contributed by atoms with Gasteiger partial charge in [0.15, 0.2) is 0 Å². The molecule has 0 spiro atoms. The molecule has 0 aromatic heterocycles. The molecule has 1 saturated heterocycles. The molecule has 100 valence electrons. The van der Waals surface area contributed by atoms with Crippen molar-refractivity contribution in [3.8, 4) is 0 Å². The van der Waals surface area contributed by atoms with Crippen LogP contribution in [-0.4, -0.2) is 17.2 Å². The Morgan fingerprint density at radius 1 is 1.44 bits per heavy atom. The van der Waals surface area contributed by atoms with E-state index in [1.54, 1.807) is 0 Å². The van der Waals surface area contributed by atoms with Crippen LogP contribution in [0.1, 0.15) is 50.7 Å². The van der Waals surface area contributed by atoms with Gasteiger partial charge in [-0.25, -0.2) is 0 Å². The second-order valence-corrected chi connectivity index (χ2v) is 5.63. The highest BCUT2D eigenvalue weighted by atomic mass is 35.5. The van der Waals surface area contributed by atoms with E-state index < -0.39 is 6.10 Å². The van der Waals surface area contributed by atoms with Crippen molar-refractivity contribution in [2.75, 3.05) is 0 Å². The van der Waals surface area contributed by atoms with Crippen molar-refractivity contribution in [3.05, 3.63) is 34.9 Å². The number of hydrogen-bond acceptors (Lipinski definition) is 2. The minimum absolute atomic E-state index is 0.161. The highest BCUT2D eigenvalue weighted by Gasteiger charge is 2.26. The molecular formula is C15H22ClNO. The highest BCUT2D eigenvalue weighted by Crippen LogP contribution is 2.27. The minimum atomic E-state index is -0.455. The molecule has 0 saturated carbocycles. The average molecular weight is 268 g/mol. The molecule has 1 aliphatic rings. The quantitative estimate of drug-likeness (QED) is 0.872. The van der Waals surface area contributed by atoms with Crippen LogP contribution in [-0.2, 0) is 0 Å². The summed E-state index contributed by atoms with van der Waals surface area (Å²) in [4.78, 5) is 0. The molecule has 3 heteroatoms. The van der Waals surface area contributed by atoms with Crippen molar-refractivity contribution in [1.82, 2.24) is 5.32 Å². The van der Waals surface area contributed by atoms with E-state index in [9.17, 15) is 5.11 Å². The van der Waals surface area contributed by atoms with E-state index in [0.717, 1.165) is 12.0 Å². The van der Waals surface area contributed by atoms with E-state index in [4.69, 9.17) is 11.6 Å². The van der Waals surface area contributed by atoms with Gasteiger partial charge in [0.05, 0.1) is 6.10 Å². The van der Waals surface area contributed by atoms with E-state index in [0.29, 0.717) is 11.1 Å². The molecule has 0 amide bonds. The summed E-state index contributed by atoms with van der Waals surface area (Å²) in [6, 6.07) is 8.26. The fourth-order valence-electron chi connectivity index (χ4n) is 2.80. The zero-order valence-corrected chi connectivity index (χ0v) is 11.7.